The zero-order valence-electron chi connectivity index (χ0n) is 19.6. The van der Waals surface area contributed by atoms with Crippen molar-refractivity contribution < 1.29 is 23.5 Å². The minimum Gasteiger partial charge on any atom is -0.454 e. The summed E-state index contributed by atoms with van der Waals surface area (Å²) in [6, 6.07) is 12.0. The van der Waals surface area contributed by atoms with Crippen LogP contribution < -0.4 is 19.3 Å². The molecule has 2 aromatic rings. The van der Waals surface area contributed by atoms with Crippen LogP contribution in [0.1, 0.15) is 19.3 Å². The number of ether oxygens (including phenoxy) is 2. The van der Waals surface area contributed by atoms with Gasteiger partial charge in [-0.15, -0.1) is 0 Å². The number of carbonyl (C=O) groups excluding carboxylic acids is 2. The Kier molecular flexibility index (Phi) is 5.82. The van der Waals surface area contributed by atoms with Gasteiger partial charge in [0, 0.05) is 57.1 Å². The third-order valence-electron chi connectivity index (χ3n) is 7.70. The van der Waals surface area contributed by atoms with Crippen molar-refractivity contribution >= 4 is 23.2 Å². The Labute approximate surface area is 203 Å². The maximum atomic E-state index is 13.2. The van der Waals surface area contributed by atoms with Crippen molar-refractivity contribution in [3.8, 4) is 11.5 Å². The predicted octanol–water partition coefficient (Wildman–Crippen LogP) is 2.47. The van der Waals surface area contributed by atoms with Crippen LogP contribution in [0.4, 0.5) is 15.8 Å². The number of hydrogen-bond acceptors (Lipinski definition) is 7. The smallest absolute Gasteiger partial charge is 0.251 e. The van der Waals surface area contributed by atoms with Crippen molar-refractivity contribution in [2.45, 2.75) is 31.3 Å². The van der Waals surface area contributed by atoms with Crippen LogP contribution in [0, 0.1) is 5.82 Å². The highest BCUT2D eigenvalue weighted by molar-refractivity contribution is 6.22. The molecule has 4 aliphatic heterocycles. The van der Waals surface area contributed by atoms with Gasteiger partial charge >= 0.3 is 0 Å². The van der Waals surface area contributed by atoms with Crippen LogP contribution in [0.25, 0.3) is 0 Å². The van der Waals surface area contributed by atoms with Gasteiger partial charge in [-0.3, -0.25) is 19.4 Å². The van der Waals surface area contributed by atoms with E-state index in [0.717, 1.165) is 57.8 Å². The van der Waals surface area contributed by atoms with Gasteiger partial charge in [-0.2, -0.15) is 0 Å². The Hall–Kier alpha value is -3.17. The standard InChI is InChI=1S/C26H29FN4O4/c27-18-1-3-19(4-2-18)28-11-13-29(14-12-28)20-7-9-30(10-8-20)22-16-25(32)31(26(22)33)21-5-6-23-24(15-21)35-17-34-23/h1-6,15,20,22H,7-14,16-17H2/t22-/m1/s1. The van der Waals surface area contributed by atoms with E-state index in [1.54, 1.807) is 18.2 Å². The van der Waals surface area contributed by atoms with Gasteiger partial charge in [0.2, 0.25) is 12.7 Å². The molecule has 0 aromatic heterocycles. The molecule has 4 heterocycles. The fourth-order valence-electron chi connectivity index (χ4n) is 5.76. The molecule has 2 amide bonds. The van der Waals surface area contributed by atoms with Crippen LogP contribution in [0.3, 0.4) is 0 Å². The molecule has 0 spiro atoms. The maximum absolute atomic E-state index is 13.2. The highest BCUT2D eigenvalue weighted by Crippen LogP contribution is 2.37. The summed E-state index contributed by atoms with van der Waals surface area (Å²) in [4.78, 5) is 34.4. The fourth-order valence-corrected chi connectivity index (χ4v) is 5.76. The third kappa shape index (κ3) is 4.23. The molecule has 0 aliphatic carbocycles. The molecule has 0 saturated carbocycles. The summed E-state index contributed by atoms with van der Waals surface area (Å²) in [5.74, 6) is 0.663. The number of hydrogen-bond donors (Lipinski definition) is 0. The van der Waals surface area contributed by atoms with Crippen LogP contribution >= 0.6 is 0 Å². The fraction of sp³-hybridized carbons (Fsp3) is 0.462. The van der Waals surface area contributed by atoms with Gasteiger partial charge in [0.05, 0.1) is 18.2 Å². The zero-order chi connectivity index (χ0) is 23.9. The Morgan fingerprint density at radius 3 is 2.20 bits per heavy atom. The molecule has 2 aromatic carbocycles. The van der Waals surface area contributed by atoms with Crippen molar-refractivity contribution in [3.63, 3.8) is 0 Å². The van der Waals surface area contributed by atoms with Gasteiger partial charge in [-0.1, -0.05) is 0 Å². The Morgan fingerprint density at radius 2 is 1.46 bits per heavy atom. The minimum absolute atomic E-state index is 0.152. The van der Waals surface area contributed by atoms with Crippen molar-refractivity contribution in [1.82, 2.24) is 9.80 Å². The molecule has 3 saturated heterocycles. The van der Waals surface area contributed by atoms with E-state index in [1.807, 2.05) is 12.1 Å². The zero-order valence-corrected chi connectivity index (χ0v) is 19.6. The molecule has 35 heavy (non-hydrogen) atoms. The molecule has 4 aliphatic rings. The van der Waals surface area contributed by atoms with Gasteiger partial charge in [-0.05, 0) is 49.2 Å². The molecule has 0 unspecified atom stereocenters. The van der Waals surface area contributed by atoms with Crippen LogP contribution in [-0.4, -0.2) is 79.8 Å². The summed E-state index contributed by atoms with van der Waals surface area (Å²) >= 11 is 0. The average molecular weight is 481 g/mol. The van der Waals surface area contributed by atoms with Gasteiger partial charge in [-0.25, -0.2) is 9.29 Å². The van der Waals surface area contributed by atoms with E-state index < -0.39 is 6.04 Å². The number of amides is 2. The third-order valence-corrected chi connectivity index (χ3v) is 7.70. The maximum Gasteiger partial charge on any atom is 0.251 e. The number of piperazine rings is 1. The molecule has 0 bridgehead atoms. The number of nitrogens with zero attached hydrogens (tertiary/aromatic N) is 4. The second kappa shape index (κ2) is 9.13. The summed E-state index contributed by atoms with van der Waals surface area (Å²) in [7, 11) is 0. The van der Waals surface area contributed by atoms with E-state index in [9.17, 15) is 14.0 Å². The number of fused-ring (bicyclic) bond motifs is 1. The lowest BCUT2D eigenvalue weighted by atomic mass is 10.00. The monoisotopic (exact) mass is 480 g/mol. The molecule has 0 N–H and O–H groups in total. The number of likely N-dealkylation sites (tertiary alicyclic amines) is 1. The molecule has 0 radical (unpaired) electrons. The largest absolute Gasteiger partial charge is 0.454 e. The summed E-state index contributed by atoms with van der Waals surface area (Å²) < 4.78 is 24.0. The normalized spacial score (nSPS) is 24.0. The van der Waals surface area contributed by atoms with Crippen LogP contribution in [0.5, 0.6) is 11.5 Å². The lowest BCUT2D eigenvalue weighted by molar-refractivity contribution is -0.123. The average Bonchev–Trinajstić information content (AvgIpc) is 3.48. The van der Waals surface area contributed by atoms with E-state index in [1.165, 1.54) is 17.0 Å². The van der Waals surface area contributed by atoms with Crippen LogP contribution in [-0.2, 0) is 9.59 Å². The molecular weight excluding hydrogens is 451 g/mol. The Bertz CT molecular complexity index is 1110. The number of anilines is 2. The second-order valence-corrected chi connectivity index (χ2v) is 9.59. The van der Waals surface area contributed by atoms with Gasteiger partial charge in [0.15, 0.2) is 11.5 Å². The quantitative estimate of drug-likeness (QED) is 0.623. The van der Waals surface area contributed by atoms with E-state index in [2.05, 4.69) is 14.7 Å². The van der Waals surface area contributed by atoms with Crippen molar-refractivity contribution in [3.05, 3.63) is 48.3 Å². The molecule has 6 rings (SSSR count). The molecule has 8 nitrogen and oxygen atoms in total. The molecule has 184 valence electrons. The highest BCUT2D eigenvalue weighted by Gasteiger charge is 2.44. The lowest BCUT2D eigenvalue weighted by Crippen LogP contribution is -2.55. The molecule has 1 atom stereocenters. The van der Waals surface area contributed by atoms with Crippen LogP contribution in [0.15, 0.2) is 42.5 Å². The number of rotatable bonds is 4. The number of imide groups is 1. The van der Waals surface area contributed by atoms with E-state index >= 15 is 0 Å². The van der Waals surface area contributed by atoms with E-state index in [-0.39, 0.29) is 30.8 Å². The summed E-state index contributed by atoms with van der Waals surface area (Å²) in [5, 5.41) is 0. The van der Waals surface area contributed by atoms with Gasteiger partial charge in [0.25, 0.3) is 5.91 Å². The van der Waals surface area contributed by atoms with Crippen molar-refractivity contribution in [2.24, 2.45) is 0 Å². The van der Waals surface area contributed by atoms with Gasteiger partial charge in [0.1, 0.15) is 5.82 Å². The van der Waals surface area contributed by atoms with Gasteiger partial charge < -0.3 is 14.4 Å². The highest BCUT2D eigenvalue weighted by atomic mass is 19.1. The van der Waals surface area contributed by atoms with Crippen molar-refractivity contribution in [1.29, 1.82) is 0 Å². The summed E-state index contributed by atoms with van der Waals surface area (Å²) in [5.41, 5.74) is 1.61. The topological polar surface area (TPSA) is 65.6 Å². The number of carbonyl (C=O) groups is 2. The van der Waals surface area contributed by atoms with E-state index in [0.29, 0.717) is 23.2 Å². The first-order chi connectivity index (χ1) is 17.1. The number of halogens is 1. The summed E-state index contributed by atoms with van der Waals surface area (Å²) in [6.07, 6.45) is 2.19. The SMILES string of the molecule is O=C1C[C@@H](N2CCC(N3CCN(c4ccc(F)cc4)CC3)CC2)C(=O)N1c1ccc2c(c1)OCO2. The second-order valence-electron chi connectivity index (χ2n) is 9.59. The first-order valence-corrected chi connectivity index (χ1v) is 12.3. The van der Waals surface area contributed by atoms with Crippen LogP contribution in [0.2, 0.25) is 0 Å². The molecule has 9 heteroatoms. The Balaban J connectivity index is 1.03. The molecule has 3 fully saturated rings. The predicted molar refractivity (Wildman–Crippen MR) is 128 cm³/mol. The Morgan fingerprint density at radius 1 is 0.771 bits per heavy atom. The summed E-state index contributed by atoms with van der Waals surface area (Å²) in [6.45, 7) is 5.56. The van der Waals surface area contributed by atoms with Crippen molar-refractivity contribution in [2.75, 3.05) is 55.9 Å². The van der Waals surface area contributed by atoms with E-state index in [4.69, 9.17) is 9.47 Å². The molecular formula is C26H29FN4O4. The lowest BCUT2D eigenvalue weighted by Gasteiger charge is -2.44. The first-order valence-electron chi connectivity index (χ1n) is 12.3. The minimum atomic E-state index is -0.399. The number of piperidine rings is 1. The number of benzene rings is 2. The first kappa shape index (κ1) is 22.3.